The first-order valence-corrected chi connectivity index (χ1v) is 6.48. The van der Waals surface area contributed by atoms with Crippen molar-refractivity contribution >= 4 is 11.5 Å². The summed E-state index contributed by atoms with van der Waals surface area (Å²) in [7, 11) is 1.69. The first kappa shape index (κ1) is 15.0. The second kappa shape index (κ2) is 6.78. The minimum Gasteiger partial charge on any atom is -0.351 e. The lowest BCUT2D eigenvalue weighted by atomic mass is 10.1. The van der Waals surface area contributed by atoms with Gasteiger partial charge in [-0.2, -0.15) is 5.10 Å². The second-order valence-corrected chi connectivity index (χ2v) is 4.43. The van der Waals surface area contributed by atoms with Gasteiger partial charge in [0.25, 0.3) is 0 Å². The Balaban J connectivity index is 3.12. The summed E-state index contributed by atoms with van der Waals surface area (Å²) < 4.78 is 1.50. The molecule has 1 aromatic rings. The van der Waals surface area contributed by atoms with Crippen LogP contribution in [0.1, 0.15) is 38.8 Å². The van der Waals surface area contributed by atoms with Crippen LogP contribution in [0.15, 0.2) is 0 Å². The van der Waals surface area contributed by atoms with Crippen molar-refractivity contribution in [3.63, 3.8) is 0 Å². The third kappa shape index (κ3) is 3.47. The van der Waals surface area contributed by atoms with Crippen LogP contribution in [0.2, 0.25) is 0 Å². The lowest BCUT2D eigenvalue weighted by Gasteiger charge is -2.12. The van der Waals surface area contributed by atoms with E-state index in [2.05, 4.69) is 16.3 Å². The van der Waals surface area contributed by atoms with Crippen LogP contribution in [0, 0.1) is 22.5 Å². The van der Waals surface area contributed by atoms with E-state index in [1.54, 1.807) is 7.05 Å². The molecule has 0 saturated carbocycles. The summed E-state index contributed by atoms with van der Waals surface area (Å²) in [6.07, 6.45) is 8.51. The molecule has 6 heteroatoms. The molecule has 1 rings (SSSR count). The molecule has 0 bridgehead atoms. The van der Waals surface area contributed by atoms with Gasteiger partial charge in [-0.15, -0.1) is 6.42 Å². The van der Waals surface area contributed by atoms with Gasteiger partial charge in [0, 0.05) is 7.05 Å². The zero-order chi connectivity index (χ0) is 14.4. The van der Waals surface area contributed by atoms with Gasteiger partial charge in [-0.05, 0) is 12.8 Å². The topological polar surface area (TPSA) is 73.0 Å². The standard InChI is InChI=1S/C13H20N4O2/c1-5-8-10(7-3)14-13-12(17(18)19)11(9-6-2)15-16(13)4/h3,10,14H,5-6,8-9H2,1-2,4H3. The molecule has 104 valence electrons. The number of nitrogens with one attached hydrogen (secondary N) is 1. The van der Waals surface area contributed by atoms with E-state index in [9.17, 15) is 10.1 Å². The summed E-state index contributed by atoms with van der Waals surface area (Å²) in [5.41, 5.74) is 0.547. The van der Waals surface area contributed by atoms with Gasteiger partial charge in [0.1, 0.15) is 5.69 Å². The van der Waals surface area contributed by atoms with E-state index in [1.807, 2.05) is 13.8 Å². The minimum atomic E-state index is -0.389. The van der Waals surface area contributed by atoms with Crippen LogP contribution in [0.25, 0.3) is 0 Å². The SMILES string of the molecule is C#CC(CCC)Nc1c([N+](=O)[O-])c(CCC)nn1C. The largest absolute Gasteiger partial charge is 0.351 e. The monoisotopic (exact) mass is 264 g/mol. The van der Waals surface area contributed by atoms with Crippen molar-refractivity contribution in [2.45, 2.75) is 45.6 Å². The number of nitrogens with zero attached hydrogens (tertiary/aromatic N) is 3. The van der Waals surface area contributed by atoms with Gasteiger partial charge < -0.3 is 5.32 Å². The Morgan fingerprint density at radius 3 is 2.68 bits per heavy atom. The van der Waals surface area contributed by atoms with Gasteiger partial charge in [0.2, 0.25) is 5.82 Å². The van der Waals surface area contributed by atoms with E-state index in [4.69, 9.17) is 6.42 Å². The van der Waals surface area contributed by atoms with E-state index >= 15 is 0 Å². The summed E-state index contributed by atoms with van der Waals surface area (Å²) in [6, 6.07) is -0.214. The van der Waals surface area contributed by atoms with Crippen LogP contribution < -0.4 is 5.32 Å². The average molecular weight is 264 g/mol. The molecular formula is C13H20N4O2. The van der Waals surface area contributed by atoms with Gasteiger partial charge >= 0.3 is 5.69 Å². The maximum absolute atomic E-state index is 11.2. The number of aromatic nitrogens is 2. The van der Waals surface area contributed by atoms with Crippen molar-refractivity contribution in [1.29, 1.82) is 0 Å². The molecular weight excluding hydrogens is 244 g/mol. The van der Waals surface area contributed by atoms with Crippen LogP contribution in [0.5, 0.6) is 0 Å². The van der Waals surface area contributed by atoms with Crippen LogP contribution in [0.4, 0.5) is 11.5 Å². The Bertz CT molecular complexity index is 488. The van der Waals surface area contributed by atoms with Crippen LogP contribution in [0.3, 0.4) is 0 Å². The number of terminal acetylenes is 1. The first-order chi connectivity index (χ1) is 9.04. The Kier molecular flexibility index (Phi) is 5.37. The Labute approximate surface area is 113 Å². The van der Waals surface area contributed by atoms with E-state index in [0.717, 1.165) is 19.3 Å². The predicted octanol–water partition coefficient (Wildman–Crippen LogP) is 2.49. The highest BCUT2D eigenvalue weighted by molar-refractivity contribution is 5.61. The Morgan fingerprint density at radius 2 is 2.21 bits per heavy atom. The van der Waals surface area contributed by atoms with Gasteiger partial charge in [0.05, 0.1) is 11.0 Å². The summed E-state index contributed by atoms with van der Waals surface area (Å²) in [4.78, 5) is 10.8. The lowest BCUT2D eigenvalue weighted by Crippen LogP contribution is -2.19. The Morgan fingerprint density at radius 1 is 1.53 bits per heavy atom. The van der Waals surface area contributed by atoms with E-state index in [-0.39, 0.29) is 16.7 Å². The minimum absolute atomic E-state index is 0.0423. The number of hydrogen-bond donors (Lipinski definition) is 1. The van der Waals surface area contributed by atoms with Crippen molar-refractivity contribution in [1.82, 2.24) is 9.78 Å². The fraction of sp³-hybridized carbons (Fsp3) is 0.615. The highest BCUT2D eigenvalue weighted by atomic mass is 16.6. The molecule has 1 atom stereocenters. The molecule has 0 spiro atoms. The predicted molar refractivity (Wildman–Crippen MR) is 75.0 cm³/mol. The highest BCUT2D eigenvalue weighted by Crippen LogP contribution is 2.29. The molecule has 1 N–H and O–H groups in total. The van der Waals surface area contributed by atoms with Crippen molar-refractivity contribution < 1.29 is 4.92 Å². The summed E-state index contributed by atoms with van der Waals surface area (Å²) in [5, 5.41) is 18.5. The molecule has 0 saturated heterocycles. The van der Waals surface area contributed by atoms with Gasteiger partial charge in [-0.25, -0.2) is 4.68 Å². The normalized spacial score (nSPS) is 11.9. The molecule has 0 aliphatic carbocycles. The molecule has 1 aromatic heterocycles. The third-order valence-corrected chi connectivity index (χ3v) is 2.85. The molecule has 0 amide bonds. The van der Waals surface area contributed by atoms with Crippen LogP contribution >= 0.6 is 0 Å². The number of hydrogen-bond acceptors (Lipinski definition) is 4. The summed E-state index contributed by atoms with van der Waals surface area (Å²) >= 11 is 0. The van der Waals surface area contributed by atoms with Crippen LogP contribution in [-0.2, 0) is 13.5 Å². The molecule has 0 fully saturated rings. The summed E-state index contributed by atoms with van der Waals surface area (Å²) in [6.45, 7) is 3.99. The third-order valence-electron chi connectivity index (χ3n) is 2.85. The summed E-state index contributed by atoms with van der Waals surface area (Å²) in [5.74, 6) is 3.00. The Hall–Kier alpha value is -2.03. The second-order valence-electron chi connectivity index (χ2n) is 4.43. The van der Waals surface area contributed by atoms with E-state index < -0.39 is 0 Å². The molecule has 19 heavy (non-hydrogen) atoms. The molecule has 0 aromatic carbocycles. The fourth-order valence-electron chi connectivity index (χ4n) is 1.98. The van der Waals surface area contributed by atoms with Crippen molar-refractivity contribution in [3.05, 3.63) is 15.8 Å². The molecule has 0 aliphatic heterocycles. The number of nitro groups is 1. The van der Waals surface area contributed by atoms with Crippen LogP contribution in [-0.4, -0.2) is 20.7 Å². The van der Waals surface area contributed by atoms with Crippen molar-refractivity contribution in [2.24, 2.45) is 7.05 Å². The molecule has 6 nitrogen and oxygen atoms in total. The van der Waals surface area contributed by atoms with Crippen molar-refractivity contribution in [3.8, 4) is 12.3 Å². The van der Waals surface area contributed by atoms with Crippen molar-refractivity contribution in [2.75, 3.05) is 5.32 Å². The maximum atomic E-state index is 11.2. The number of anilines is 1. The van der Waals surface area contributed by atoms with E-state index in [1.165, 1.54) is 4.68 Å². The number of aryl methyl sites for hydroxylation is 2. The average Bonchev–Trinajstić information content (AvgIpc) is 2.65. The highest BCUT2D eigenvalue weighted by Gasteiger charge is 2.27. The van der Waals surface area contributed by atoms with E-state index in [0.29, 0.717) is 17.9 Å². The lowest BCUT2D eigenvalue weighted by molar-refractivity contribution is -0.384. The maximum Gasteiger partial charge on any atom is 0.334 e. The quantitative estimate of drug-likeness (QED) is 0.466. The molecule has 1 heterocycles. The molecule has 1 unspecified atom stereocenters. The zero-order valence-electron chi connectivity index (χ0n) is 11.6. The van der Waals surface area contributed by atoms with Gasteiger partial charge in [-0.1, -0.05) is 32.6 Å². The first-order valence-electron chi connectivity index (χ1n) is 6.48. The smallest absolute Gasteiger partial charge is 0.334 e. The fourth-order valence-corrected chi connectivity index (χ4v) is 1.98. The van der Waals surface area contributed by atoms with Gasteiger partial charge in [-0.3, -0.25) is 10.1 Å². The molecule has 0 aliphatic rings. The van der Waals surface area contributed by atoms with Gasteiger partial charge in [0.15, 0.2) is 0 Å². The number of rotatable bonds is 7. The zero-order valence-corrected chi connectivity index (χ0v) is 11.6. The molecule has 0 radical (unpaired) electrons.